The Morgan fingerprint density at radius 3 is 2.55 bits per heavy atom. The second-order valence-electron chi connectivity index (χ2n) is 7.63. The van der Waals surface area contributed by atoms with Gasteiger partial charge in [-0.2, -0.15) is 0 Å². The molecular weight excluding hydrogens is 392 g/mol. The minimum absolute atomic E-state index is 0.212. The molecule has 2 N–H and O–H groups in total. The summed E-state index contributed by atoms with van der Waals surface area (Å²) in [6.07, 6.45) is 0.893. The maximum absolute atomic E-state index is 5.82. The van der Waals surface area contributed by atoms with Crippen LogP contribution in [0.5, 0.6) is 11.5 Å². The standard InChI is InChI=1S/C24H32N4O3/c1-2-25-24(27-20-9-10-22-23(17-20)31-14-6-13-30-22)26-18-21(19-7-4-3-5-8-19)28-11-15-29-16-12-28/h3-5,7-10,17,21H,2,6,11-16,18H2,1H3,(H2,25,26,27). The summed E-state index contributed by atoms with van der Waals surface area (Å²) >= 11 is 0. The van der Waals surface area contributed by atoms with Crippen molar-refractivity contribution in [1.29, 1.82) is 0 Å². The number of ether oxygens (including phenoxy) is 3. The zero-order chi connectivity index (χ0) is 21.3. The Morgan fingerprint density at radius 2 is 1.77 bits per heavy atom. The van der Waals surface area contributed by atoms with Crippen molar-refractivity contribution in [3.05, 3.63) is 54.1 Å². The number of hydrogen-bond donors (Lipinski definition) is 2. The van der Waals surface area contributed by atoms with Crippen LogP contribution in [0.15, 0.2) is 53.5 Å². The van der Waals surface area contributed by atoms with Crippen LogP contribution in [-0.4, -0.2) is 63.5 Å². The van der Waals surface area contributed by atoms with Gasteiger partial charge >= 0.3 is 0 Å². The number of anilines is 1. The molecule has 0 spiro atoms. The van der Waals surface area contributed by atoms with Crippen LogP contribution in [0.1, 0.15) is 24.9 Å². The van der Waals surface area contributed by atoms with E-state index in [4.69, 9.17) is 19.2 Å². The lowest BCUT2D eigenvalue weighted by atomic mass is 10.1. The highest BCUT2D eigenvalue weighted by molar-refractivity contribution is 5.94. The lowest BCUT2D eigenvalue weighted by molar-refractivity contribution is 0.0180. The van der Waals surface area contributed by atoms with Crippen molar-refractivity contribution in [3.8, 4) is 11.5 Å². The molecule has 0 aliphatic carbocycles. The zero-order valence-electron chi connectivity index (χ0n) is 18.2. The zero-order valence-corrected chi connectivity index (χ0v) is 18.2. The van der Waals surface area contributed by atoms with Gasteiger partial charge in [-0.1, -0.05) is 30.3 Å². The van der Waals surface area contributed by atoms with E-state index >= 15 is 0 Å². The highest BCUT2D eigenvalue weighted by atomic mass is 16.5. The van der Waals surface area contributed by atoms with Crippen molar-refractivity contribution in [2.75, 3.05) is 57.9 Å². The number of hydrogen-bond acceptors (Lipinski definition) is 5. The molecule has 2 heterocycles. The van der Waals surface area contributed by atoms with Crippen molar-refractivity contribution in [2.45, 2.75) is 19.4 Å². The molecule has 2 aromatic rings. The molecule has 1 saturated heterocycles. The Kier molecular flexibility index (Phi) is 7.63. The number of rotatable bonds is 6. The molecule has 0 aromatic heterocycles. The summed E-state index contributed by atoms with van der Waals surface area (Å²) in [6, 6.07) is 16.7. The van der Waals surface area contributed by atoms with Crippen molar-refractivity contribution in [3.63, 3.8) is 0 Å². The second kappa shape index (κ2) is 11.0. The summed E-state index contributed by atoms with van der Waals surface area (Å²) in [5, 5.41) is 6.78. The van der Waals surface area contributed by atoms with Gasteiger partial charge in [0.15, 0.2) is 17.5 Å². The Labute approximate surface area is 184 Å². The van der Waals surface area contributed by atoms with Crippen molar-refractivity contribution < 1.29 is 14.2 Å². The number of nitrogens with zero attached hydrogens (tertiary/aromatic N) is 2. The molecule has 2 aliphatic rings. The number of nitrogens with one attached hydrogen (secondary N) is 2. The molecule has 1 atom stereocenters. The minimum atomic E-state index is 0.212. The summed E-state index contributed by atoms with van der Waals surface area (Å²) < 4.78 is 17.1. The normalized spacial score (nSPS) is 18.2. The van der Waals surface area contributed by atoms with E-state index in [1.807, 2.05) is 18.2 Å². The second-order valence-corrected chi connectivity index (χ2v) is 7.63. The van der Waals surface area contributed by atoms with Gasteiger partial charge in [0.05, 0.1) is 39.0 Å². The Morgan fingerprint density at radius 1 is 1.00 bits per heavy atom. The minimum Gasteiger partial charge on any atom is -0.490 e. The molecule has 1 unspecified atom stereocenters. The molecule has 2 aromatic carbocycles. The van der Waals surface area contributed by atoms with Crippen molar-refractivity contribution in [2.24, 2.45) is 4.99 Å². The molecule has 1 fully saturated rings. The number of benzene rings is 2. The van der Waals surface area contributed by atoms with Gasteiger partial charge in [0.2, 0.25) is 0 Å². The monoisotopic (exact) mass is 424 g/mol. The molecule has 0 saturated carbocycles. The quantitative estimate of drug-likeness (QED) is 0.548. The van der Waals surface area contributed by atoms with Crippen LogP contribution in [-0.2, 0) is 4.74 Å². The molecule has 2 aliphatic heterocycles. The lowest BCUT2D eigenvalue weighted by Crippen LogP contribution is -2.40. The van der Waals surface area contributed by atoms with Crippen LogP contribution in [0.3, 0.4) is 0 Å². The third-order valence-electron chi connectivity index (χ3n) is 5.45. The third kappa shape index (κ3) is 5.89. The Hall–Kier alpha value is -2.77. The fraction of sp³-hybridized carbons (Fsp3) is 0.458. The summed E-state index contributed by atoms with van der Waals surface area (Å²) in [6.45, 7) is 8.23. The maximum atomic E-state index is 5.82. The molecule has 0 bridgehead atoms. The van der Waals surface area contributed by atoms with E-state index in [0.29, 0.717) is 19.8 Å². The van der Waals surface area contributed by atoms with Gasteiger partial charge in [-0.25, -0.2) is 0 Å². The van der Waals surface area contributed by atoms with Crippen LogP contribution in [0.4, 0.5) is 5.69 Å². The largest absolute Gasteiger partial charge is 0.490 e. The van der Waals surface area contributed by atoms with E-state index in [0.717, 1.165) is 62.4 Å². The summed E-state index contributed by atoms with van der Waals surface area (Å²) in [5.74, 6) is 2.32. The van der Waals surface area contributed by atoms with E-state index in [2.05, 4.69) is 52.8 Å². The van der Waals surface area contributed by atoms with Gasteiger partial charge in [-0.15, -0.1) is 0 Å². The Balaban J connectivity index is 1.51. The average molecular weight is 425 g/mol. The first kappa shape index (κ1) is 21.5. The van der Waals surface area contributed by atoms with E-state index in [9.17, 15) is 0 Å². The molecular formula is C24H32N4O3. The summed E-state index contributed by atoms with van der Waals surface area (Å²) in [5.41, 5.74) is 2.20. The van der Waals surface area contributed by atoms with Crippen molar-refractivity contribution in [1.82, 2.24) is 10.2 Å². The van der Waals surface area contributed by atoms with Crippen LogP contribution < -0.4 is 20.1 Å². The number of fused-ring (bicyclic) bond motifs is 1. The van der Waals surface area contributed by atoms with Crippen LogP contribution >= 0.6 is 0 Å². The fourth-order valence-corrected chi connectivity index (χ4v) is 3.86. The topological polar surface area (TPSA) is 67.4 Å². The SMILES string of the molecule is CCNC(=NCC(c1ccccc1)N1CCOCC1)Nc1ccc2c(c1)OCCCO2. The van der Waals surface area contributed by atoms with Crippen molar-refractivity contribution >= 4 is 11.6 Å². The number of aliphatic imine (C=N–C) groups is 1. The van der Waals surface area contributed by atoms with Gasteiger partial charge in [0, 0.05) is 37.8 Å². The van der Waals surface area contributed by atoms with Gasteiger partial charge in [-0.05, 0) is 24.6 Å². The van der Waals surface area contributed by atoms with Gasteiger partial charge in [0.25, 0.3) is 0 Å². The van der Waals surface area contributed by atoms with Crippen LogP contribution in [0.25, 0.3) is 0 Å². The lowest BCUT2D eigenvalue weighted by Gasteiger charge is -2.34. The fourth-order valence-electron chi connectivity index (χ4n) is 3.86. The van der Waals surface area contributed by atoms with E-state index in [1.54, 1.807) is 0 Å². The molecule has 166 valence electrons. The molecule has 0 radical (unpaired) electrons. The first-order valence-electron chi connectivity index (χ1n) is 11.1. The van der Waals surface area contributed by atoms with E-state index in [1.165, 1.54) is 5.56 Å². The molecule has 7 heteroatoms. The third-order valence-corrected chi connectivity index (χ3v) is 5.45. The summed E-state index contributed by atoms with van der Waals surface area (Å²) in [4.78, 5) is 7.39. The van der Waals surface area contributed by atoms with E-state index in [-0.39, 0.29) is 6.04 Å². The summed E-state index contributed by atoms with van der Waals surface area (Å²) in [7, 11) is 0. The van der Waals surface area contributed by atoms with Gasteiger partial charge in [-0.3, -0.25) is 9.89 Å². The van der Waals surface area contributed by atoms with Crippen LogP contribution in [0.2, 0.25) is 0 Å². The average Bonchev–Trinajstić information content (AvgIpc) is 3.06. The number of morpholine rings is 1. The van der Waals surface area contributed by atoms with Gasteiger partial charge in [0.1, 0.15) is 0 Å². The first-order valence-corrected chi connectivity index (χ1v) is 11.1. The molecule has 7 nitrogen and oxygen atoms in total. The number of guanidine groups is 1. The molecule has 31 heavy (non-hydrogen) atoms. The highest BCUT2D eigenvalue weighted by Crippen LogP contribution is 2.32. The predicted molar refractivity (Wildman–Crippen MR) is 123 cm³/mol. The van der Waals surface area contributed by atoms with E-state index < -0.39 is 0 Å². The first-order chi connectivity index (χ1) is 15.3. The van der Waals surface area contributed by atoms with Crippen LogP contribution in [0, 0.1) is 0 Å². The molecule has 0 amide bonds. The Bertz CT molecular complexity index is 853. The maximum Gasteiger partial charge on any atom is 0.195 e. The highest BCUT2D eigenvalue weighted by Gasteiger charge is 2.22. The predicted octanol–water partition coefficient (Wildman–Crippen LogP) is 3.30. The molecule has 4 rings (SSSR count). The van der Waals surface area contributed by atoms with Gasteiger partial charge < -0.3 is 24.8 Å². The smallest absolute Gasteiger partial charge is 0.195 e.